The van der Waals surface area contributed by atoms with Crippen LogP contribution in [0.2, 0.25) is 0 Å². The number of amidine groups is 1. The summed E-state index contributed by atoms with van der Waals surface area (Å²) in [6, 6.07) is 19.1. The predicted molar refractivity (Wildman–Crippen MR) is 150 cm³/mol. The van der Waals surface area contributed by atoms with Gasteiger partial charge in [-0.15, -0.1) is 0 Å². The van der Waals surface area contributed by atoms with Gasteiger partial charge in [0.25, 0.3) is 0 Å². The molecule has 40 heavy (non-hydrogen) atoms. The zero-order chi connectivity index (χ0) is 28.1. The molecule has 0 aromatic heterocycles. The number of rotatable bonds is 8. The topological polar surface area (TPSA) is 116 Å². The van der Waals surface area contributed by atoms with E-state index in [9.17, 15) is 14.4 Å². The van der Waals surface area contributed by atoms with Crippen molar-refractivity contribution in [3.8, 4) is 17.2 Å². The average molecular weight is 562 g/mol. The monoisotopic (exact) mass is 561 g/mol. The molecule has 0 spiro atoms. The number of ether oxygens (including phenoxy) is 4. The Kier molecular flexibility index (Phi) is 8.20. The summed E-state index contributed by atoms with van der Waals surface area (Å²) in [5.74, 6) is 0.946. The van der Waals surface area contributed by atoms with Crippen LogP contribution in [-0.4, -0.2) is 53.6 Å². The van der Waals surface area contributed by atoms with Crippen molar-refractivity contribution < 1.29 is 33.3 Å². The molecule has 10 nitrogen and oxygen atoms in total. The van der Waals surface area contributed by atoms with Gasteiger partial charge in [-0.25, -0.2) is 9.79 Å². The molecule has 206 valence electrons. The van der Waals surface area contributed by atoms with Crippen molar-refractivity contribution in [3.63, 3.8) is 0 Å². The molecule has 1 fully saturated rings. The van der Waals surface area contributed by atoms with Gasteiger partial charge in [0.1, 0.15) is 11.0 Å². The van der Waals surface area contributed by atoms with Crippen LogP contribution in [0.1, 0.15) is 29.3 Å². The molecule has 0 aliphatic carbocycles. The third kappa shape index (κ3) is 6.20. The summed E-state index contributed by atoms with van der Waals surface area (Å²) < 4.78 is 21.1. The van der Waals surface area contributed by atoms with Crippen LogP contribution in [0.4, 0.5) is 11.4 Å². The standard InChI is InChI=1S/C29H27N3O7S/c1-3-37-22-11-9-21(10-12-22)31-29-32(16-18-4-13-23-24(14-18)39-17-38-23)26(33)15-25(40-29)27(34)30-20-7-5-19(6-8-20)28(35)36-2/h4-14,25H,3,15-17H2,1-2H3,(H,30,34)/t25-/m1/s1. The summed E-state index contributed by atoms with van der Waals surface area (Å²) >= 11 is 1.22. The largest absolute Gasteiger partial charge is 0.494 e. The van der Waals surface area contributed by atoms with E-state index >= 15 is 0 Å². The summed E-state index contributed by atoms with van der Waals surface area (Å²) in [6.07, 6.45) is -0.0103. The number of fused-ring (bicyclic) bond motifs is 1. The maximum atomic E-state index is 13.4. The smallest absolute Gasteiger partial charge is 0.337 e. The maximum absolute atomic E-state index is 13.4. The van der Waals surface area contributed by atoms with Crippen LogP contribution in [0.3, 0.4) is 0 Å². The van der Waals surface area contributed by atoms with Gasteiger partial charge in [0.15, 0.2) is 16.7 Å². The number of amides is 2. The number of aliphatic imine (C=N–C) groups is 1. The molecule has 3 aromatic rings. The summed E-state index contributed by atoms with van der Waals surface area (Å²) in [5.41, 5.74) is 2.32. The first-order valence-electron chi connectivity index (χ1n) is 12.6. The molecule has 0 bridgehead atoms. The van der Waals surface area contributed by atoms with Crippen LogP contribution in [0.25, 0.3) is 0 Å². The van der Waals surface area contributed by atoms with E-state index in [0.29, 0.717) is 46.0 Å². The second-order valence-corrected chi connectivity index (χ2v) is 10.0. The first-order chi connectivity index (χ1) is 19.4. The highest BCUT2D eigenvalue weighted by Gasteiger charge is 2.36. The normalized spacial score (nSPS) is 17.1. The molecular formula is C29H27N3O7S. The molecule has 2 amide bonds. The molecule has 1 atom stereocenters. The van der Waals surface area contributed by atoms with Gasteiger partial charge in [0.05, 0.1) is 31.5 Å². The van der Waals surface area contributed by atoms with Crippen LogP contribution >= 0.6 is 11.8 Å². The molecule has 0 saturated carbocycles. The van der Waals surface area contributed by atoms with Crippen molar-refractivity contribution in [2.45, 2.75) is 25.1 Å². The molecule has 2 aliphatic heterocycles. The van der Waals surface area contributed by atoms with Gasteiger partial charge in [-0.2, -0.15) is 0 Å². The molecule has 3 aromatic carbocycles. The minimum absolute atomic E-state index is 0.0103. The third-order valence-electron chi connectivity index (χ3n) is 6.16. The molecule has 11 heteroatoms. The SMILES string of the molecule is CCOc1ccc(N=C2S[C@@H](C(=O)Nc3ccc(C(=O)OC)cc3)CC(=O)N2Cc2ccc3c(c2)OCO3)cc1. The van der Waals surface area contributed by atoms with E-state index in [2.05, 4.69) is 5.32 Å². The van der Waals surface area contributed by atoms with E-state index < -0.39 is 11.2 Å². The molecular weight excluding hydrogens is 534 g/mol. The van der Waals surface area contributed by atoms with Crippen LogP contribution in [-0.2, 0) is 20.9 Å². The number of carbonyl (C=O) groups excluding carboxylic acids is 3. The van der Waals surface area contributed by atoms with Crippen LogP contribution in [0.15, 0.2) is 71.7 Å². The van der Waals surface area contributed by atoms with Gasteiger partial charge in [-0.1, -0.05) is 17.8 Å². The van der Waals surface area contributed by atoms with Gasteiger partial charge in [-0.05, 0) is 73.2 Å². The Morgan fingerprint density at radius 3 is 2.52 bits per heavy atom. The molecule has 2 heterocycles. The average Bonchev–Trinajstić information content (AvgIpc) is 3.44. The van der Waals surface area contributed by atoms with E-state index in [0.717, 1.165) is 5.56 Å². The number of benzene rings is 3. The van der Waals surface area contributed by atoms with Crippen molar-refractivity contribution in [3.05, 3.63) is 77.9 Å². The number of thioether (sulfide) groups is 1. The lowest BCUT2D eigenvalue weighted by Gasteiger charge is -2.32. The first kappa shape index (κ1) is 27.1. The Bertz CT molecular complexity index is 1440. The van der Waals surface area contributed by atoms with E-state index in [1.165, 1.54) is 18.9 Å². The Morgan fingerprint density at radius 1 is 1.05 bits per heavy atom. The lowest BCUT2D eigenvalue weighted by atomic mass is 10.1. The lowest BCUT2D eigenvalue weighted by molar-refractivity contribution is -0.129. The van der Waals surface area contributed by atoms with E-state index in [1.54, 1.807) is 41.3 Å². The number of hydrogen-bond acceptors (Lipinski definition) is 9. The zero-order valence-electron chi connectivity index (χ0n) is 21.9. The Labute approximate surface area is 235 Å². The van der Waals surface area contributed by atoms with Gasteiger partial charge >= 0.3 is 5.97 Å². The van der Waals surface area contributed by atoms with Crippen molar-refractivity contribution in [1.82, 2.24) is 4.90 Å². The number of nitrogens with zero attached hydrogens (tertiary/aromatic N) is 2. The predicted octanol–water partition coefficient (Wildman–Crippen LogP) is 4.76. The van der Waals surface area contributed by atoms with Crippen molar-refractivity contribution in [1.29, 1.82) is 0 Å². The lowest BCUT2D eigenvalue weighted by Crippen LogP contribution is -2.44. The zero-order valence-corrected chi connectivity index (χ0v) is 22.7. The highest BCUT2D eigenvalue weighted by Crippen LogP contribution is 2.35. The Balaban J connectivity index is 1.37. The number of nitrogens with one attached hydrogen (secondary N) is 1. The highest BCUT2D eigenvalue weighted by molar-refractivity contribution is 8.15. The van der Waals surface area contributed by atoms with Crippen LogP contribution in [0.5, 0.6) is 17.2 Å². The third-order valence-corrected chi connectivity index (χ3v) is 7.34. The molecule has 5 rings (SSSR count). The van der Waals surface area contributed by atoms with Crippen molar-refractivity contribution in [2.24, 2.45) is 4.99 Å². The van der Waals surface area contributed by atoms with Gasteiger partial charge < -0.3 is 24.3 Å². The number of carbonyl (C=O) groups is 3. The van der Waals surface area contributed by atoms with Crippen LogP contribution in [0, 0.1) is 0 Å². The van der Waals surface area contributed by atoms with Crippen molar-refractivity contribution in [2.75, 3.05) is 25.8 Å². The minimum Gasteiger partial charge on any atom is -0.494 e. The fourth-order valence-corrected chi connectivity index (χ4v) is 5.24. The second-order valence-electron chi connectivity index (χ2n) is 8.86. The molecule has 2 aliphatic rings. The van der Waals surface area contributed by atoms with Crippen molar-refractivity contribution >= 4 is 46.1 Å². The summed E-state index contributed by atoms with van der Waals surface area (Å²) in [4.78, 5) is 44.6. The Morgan fingerprint density at radius 2 is 1.80 bits per heavy atom. The van der Waals surface area contributed by atoms with Gasteiger partial charge in [0.2, 0.25) is 18.6 Å². The van der Waals surface area contributed by atoms with Gasteiger partial charge in [0, 0.05) is 12.1 Å². The number of esters is 1. The molecule has 1 saturated heterocycles. The molecule has 0 radical (unpaired) electrons. The maximum Gasteiger partial charge on any atom is 0.337 e. The minimum atomic E-state index is -0.706. The summed E-state index contributed by atoms with van der Waals surface area (Å²) in [7, 11) is 1.30. The van der Waals surface area contributed by atoms with Gasteiger partial charge in [-0.3, -0.25) is 14.5 Å². The Hall–Kier alpha value is -4.51. The summed E-state index contributed by atoms with van der Waals surface area (Å²) in [5, 5.41) is 2.53. The fourth-order valence-electron chi connectivity index (χ4n) is 4.14. The highest BCUT2D eigenvalue weighted by atomic mass is 32.2. The van der Waals surface area contributed by atoms with E-state index in [-0.39, 0.29) is 31.6 Å². The number of methoxy groups -OCH3 is 1. The van der Waals surface area contributed by atoms with Crippen LogP contribution < -0.4 is 19.5 Å². The molecule has 0 unspecified atom stereocenters. The van der Waals surface area contributed by atoms with E-state index in [4.69, 9.17) is 23.9 Å². The number of anilines is 1. The summed E-state index contributed by atoms with van der Waals surface area (Å²) in [6.45, 7) is 2.86. The number of hydrogen-bond donors (Lipinski definition) is 1. The quantitative estimate of drug-likeness (QED) is 0.392. The fraction of sp³-hybridized carbons (Fsp3) is 0.241. The first-order valence-corrected chi connectivity index (χ1v) is 13.5. The second kappa shape index (κ2) is 12.1. The van der Waals surface area contributed by atoms with E-state index in [1.807, 2.05) is 37.3 Å². The molecule has 1 N–H and O–H groups in total.